The fourth-order valence-electron chi connectivity index (χ4n) is 2.25. The van der Waals surface area contributed by atoms with E-state index in [2.05, 4.69) is 28.3 Å². The number of rotatable bonds is 1. The third-order valence-corrected chi connectivity index (χ3v) is 3.03. The first-order chi connectivity index (χ1) is 7.36. The molecule has 0 saturated carbocycles. The van der Waals surface area contributed by atoms with E-state index in [4.69, 9.17) is 5.73 Å². The SMILES string of the molecule is NC1c2ccccc2CC1n1cncn1. The molecular weight excluding hydrogens is 188 g/mol. The van der Waals surface area contributed by atoms with Gasteiger partial charge in [0.1, 0.15) is 12.7 Å². The molecule has 1 aromatic carbocycles. The third kappa shape index (κ3) is 1.26. The van der Waals surface area contributed by atoms with E-state index in [0.717, 1.165) is 6.42 Å². The van der Waals surface area contributed by atoms with Crippen LogP contribution in [0.15, 0.2) is 36.9 Å². The number of hydrogen-bond donors (Lipinski definition) is 1. The number of benzene rings is 1. The quantitative estimate of drug-likeness (QED) is 0.749. The lowest BCUT2D eigenvalue weighted by atomic mass is 10.1. The first-order valence-electron chi connectivity index (χ1n) is 5.04. The summed E-state index contributed by atoms with van der Waals surface area (Å²) in [6, 6.07) is 8.55. The molecule has 1 aliphatic carbocycles. The Hall–Kier alpha value is -1.68. The van der Waals surface area contributed by atoms with Crippen molar-refractivity contribution in [2.45, 2.75) is 18.5 Å². The number of nitrogens with zero attached hydrogens (tertiary/aromatic N) is 3. The van der Waals surface area contributed by atoms with Gasteiger partial charge in [-0.15, -0.1) is 0 Å². The molecule has 76 valence electrons. The zero-order chi connectivity index (χ0) is 10.3. The van der Waals surface area contributed by atoms with Crippen LogP contribution < -0.4 is 5.73 Å². The maximum atomic E-state index is 6.19. The Kier molecular flexibility index (Phi) is 1.82. The van der Waals surface area contributed by atoms with Crippen LogP contribution in [0.3, 0.4) is 0 Å². The van der Waals surface area contributed by atoms with E-state index >= 15 is 0 Å². The van der Waals surface area contributed by atoms with Gasteiger partial charge in [-0.1, -0.05) is 24.3 Å². The van der Waals surface area contributed by atoms with Crippen LogP contribution in [0, 0.1) is 0 Å². The van der Waals surface area contributed by atoms with Crippen molar-refractivity contribution in [3.63, 3.8) is 0 Å². The van der Waals surface area contributed by atoms with Gasteiger partial charge in [-0.25, -0.2) is 9.67 Å². The average Bonchev–Trinajstić information content (AvgIpc) is 2.87. The Morgan fingerprint density at radius 3 is 2.93 bits per heavy atom. The van der Waals surface area contributed by atoms with Gasteiger partial charge in [0.05, 0.1) is 12.1 Å². The van der Waals surface area contributed by atoms with E-state index in [-0.39, 0.29) is 12.1 Å². The Morgan fingerprint density at radius 1 is 1.33 bits per heavy atom. The average molecular weight is 200 g/mol. The molecule has 4 heteroatoms. The highest BCUT2D eigenvalue weighted by molar-refractivity contribution is 5.36. The predicted molar refractivity (Wildman–Crippen MR) is 56.1 cm³/mol. The number of aromatic nitrogens is 3. The van der Waals surface area contributed by atoms with Crippen molar-refractivity contribution in [1.29, 1.82) is 0 Å². The number of hydrogen-bond acceptors (Lipinski definition) is 3. The summed E-state index contributed by atoms with van der Waals surface area (Å²) >= 11 is 0. The highest BCUT2D eigenvalue weighted by Crippen LogP contribution is 2.36. The van der Waals surface area contributed by atoms with Crippen molar-refractivity contribution in [2.75, 3.05) is 0 Å². The minimum absolute atomic E-state index is 0.0305. The van der Waals surface area contributed by atoms with E-state index in [1.165, 1.54) is 11.1 Å². The summed E-state index contributed by atoms with van der Waals surface area (Å²) in [5.41, 5.74) is 8.75. The van der Waals surface area contributed by atoms with E-state index < -0.39 is 0 Å². The van der Waals surface area contributed by atoms with Crippen LogP contribution in [0.25, 0.3) is 0 Å². The van der Waals surface area contributed by atoms with Crippen molar-refractivity contribution in [3.05, 3.63) is 48.0 Å². The van der Waals surface area contributed by atoms with Crippen LogP contribution >= 0.6 is 0 Å². The van der Waals surface area contributed by atoms with Crippen molar-refractivity contribution >= 4 is 0 Å². The van der Waals surface area contributed by atoms with Gasteiger partial charge in [0.25, 0.3) is 0 Å². The van der Waals surface area contributed by atoms with Gasteiger partial charge in [0, 0.05) is 0 Å². The lowest BCUT2D eigenvalue weighted by Gasteiger charge is -2.15. The van der Waals surface area contributed by atoms with Gasteiger partial charge in [-0.3, -0.25) is 0 Å². The first kappa shape index (κ1) is 8.61. The van der Waals surface area contributed by atoms with Crippen LogP contribution in [0.5, 0.6) is 0 Å². The molecule has 0 aliphatic heterocycles. The standard InChI is InChI=1S/C11H12N4/c12-11-9-4-2-1-3-8(9)5-10(11)15-7-13-6-14-15/h1-4,6-7,10-11H,5,12H2. The number of fused-ring (bicyclic) bond motifs is 1. The zero-order valence-electron chi connectivity index (χ0n) is 8.24. The van der Waals surface area contributed by atoms with Crippen LogP contribution in [-0.2, 0) is 6.42 Å². The summed E-state index contributed by atoms with van der Waals surface area (Å²) in [5, 5.41) is 4.16. The summed E-state index contributed by atoms with van der Waals surface area (Å²) in [6.07, 6.45) is 4.23. The van der Waals surface area contributed by atoms with E-state index in [9.17, 15) is 0 Å². The molecule has 0 saturated heterocycles. The summed E-state index contributed by atoms with van der Waals surface area (Å²) in [5.74, 6) is 0. The second-order valence-electron chi connectivity index (χ2n) is 3.87. The molecule has 1 aliphatic rings. The Labute approximate surface area is 87.7 Å². The monoisotopic (exact) mass is 200 g/mol. The maximum absolute atomic E-state index is 6.19. The van der Waals surface area contributed by atoms with E-state index in [1.807, 2.05) is 10.7 Å². The molecule has 2 atom stereocenters. The second-order valence-corrected chi connectivity index (χ2v) is 3.87. The Bertz CT molecular complexity index is 463. The molecule has 2 unspecified atom stereocenters. The summed E-state index contributed by atoms with van der Waals surface area (Å²) in [6.45, 7) is 0. The normalized spacial score (nSPS) is 24.1. The molecule has 0 spiro atoms. The van der Waals surface area contributed by atoms with Gasteiger partial charge >= 0.3 is 0 Å². The molecule has 2 N–H and O–H groups in total. The van der Waals surface area contributed by atoms with E-state index in [1.54, 1.807) is 12.7 Å². The molecule has 0 bridgehead atoms. The van der Waals surface area contributed by atoms with Crippen LogP contribution in [0.4, 0.5) is 0 Å². The minimum atomic E-state index is 0.0305. The van der Waals surface area contributed by atoms with Gasteiger partial charge in [-0.2, -0.15) is 5.10 Å². The lowest BCUT2D eigenvalue weighted by molar-refractivity contribution is 0.409. The molecule has 0 radical (unpaired) electrons. The van der Waals surface area contributed by atoms with Crippen LogP contribution in [0.1, 0.15) is 23.2 Å². The molecule has 1 heterocycles. The molecule has 0 fully saturated rings. The molecule has 4 nitrogen and oxygen atoms in total. The fraction of sp³-hybridized carbons (Fsp3) is 0.273. The van der Waals surface area contributed by atoms with Gasteiger partial charge < -0.3 is 5.73 Å². The van der Waals surface area contributed by atoms with Crippen LogP contribution in [-0.4, -0.2) is 14.8 Å². The molecule has 1 aromatic heterocycles. The zero-order valence-corrected chi connectivity index (χ0v) is 8.24. The molecular formula is C11H12N4. The van der Waals surface area contributed by atoms with Gasteiger partial charge in [0.2, 0.25) is 0 Å². The Morgan fingerprint density at radius 2 is 2.20 bits per heavy atom. The maximum Gasteiger partial charge on any atom is 0.137 e. The highest BCUT2D eigenvalue weighted by atomic mass is 15.3. The third-order valence-electron chi connectivity index (χ3n) is 3.03. The lowest BCUT2D eigenvalue weighted by Crippen LogP contribution is -2.21. The van der Waals surface area contributed by atoms with Crippen molar-refractivity contribution in [3.8, 4) is 0 Å². The first-order valence-corrected chi connectivity index (χ1v) is 5.04. The van der Waals surface area contributed by atoms with E-state index in [0.29, 0.717) is 0 Å². The second kappa shape index (κ2) is 3.17. The fourth-order valence-corrected chi connectivity index (χ4v) is 2.25. The van der Waals surface area contributed by atoms with Crippen molar-refractivity contribution < 1.29 is 0 Å². The Balaban J connectivity index is 2.00. The smallest absolute Gasteiger partial charge is 0.137 e. The highest BCUT2D eigenvalue weighted by Gasteiger charge is 2.30. The van der Waals surface area contributed by atoms with Gasteiger partial charge in [0.15, 0.2) is 0 Å². The topological polar surface area (TPSA) is 56.7 Å². The largest absolute Gasteiger partial charge is 0.322 e. The summed E-state index contributed by atoms with van der Waals surface area (Å²) < 4.78 is 1.85. The summed E-state index contributed by atoms with van der Waals surface area (Å²) in [4.78, 5) is 3.96. The van der Waals surface area contributed by atoms with Crippen LogP contribution in [0.2, 0.25) is 0 Å². The minimum Gasteiger partial charge on any atom is -0.322 e. The van der Waals surface area contributed by atoms with Crippen molar-refractivity contribution in [1.82, 2.24) is 14.8 Å². The predicted octanol–water partition coefficient (Wildman–Crippen LogP) is 1.08. The molecule has 15 heavy (non-hydrogen) atoms. The molecule has 2 aromatic rings. The van der Waals surface area contributed by atoms with Crippen molar-refractivity contribution in [2.24, 2.45) is 5.73 Å². The summed E-state index contributed by atoms with van der Waals surface area (Å²) in [7, 11) is 0. The molecule has 3 rings (SSSR count). The molecule has 0 amide bonds. The number of nitrogens with two attached hydrogens (primary N) is 1. The van der Waals surface area contributed by atoms with Gasteiger partial charge in [-0.05, 0) is 17.5 Å².